The predicted octanol–water partition coefficient (Wildman–Crippen LogP) is 3.81. The van der Waals surface area contributed by atoms with E-state index >= 15 is 0 Å². The molecule has 0 N–H and O–H groups in total. The summed E-state index contributed by atoms with van der Waals surface area (Å²) in [5.41, 5.74) is 2.71. The van der Waals surface area contributed by atoms with E-state index in [1.165, 1.54) is 16.3 Å². The molecular weight excluding hydrogens is 276 g/mol. The molecule has 0 radical (unpaired) electrons. The molecule has 0 atom stereocenters. The van der Waals surface area contributed by atoms with Crippen LogP contribution in [0.3, 0.4) is 0 Å². The number of hydrogen-bond acceptors (Lipinski definition) is 0. The summed E-state index contributed by atoms with van der Waals surface area (Å²) in [6.45, 7) is 4.74. The molecule has 2 heteroatoms. The van der Waals surface area contributed by atoms with E-state index in [2.05, 4.69) is 77.6 Å². The zero-order valence-electron chi connectivity index (χ0n) is 9.57. The quantitative estimate of drug-likeness (QED) is 0.738. The van der Waals surface area contributed by atoms with Gasteiger partial charge in [0.2, 0.25) is 0 Å². The summed E-state index contributed by atoms with van der Waals surface area (Å²) in [6, 6.07) is 17.3. The minimum absolute atomic E-state index is 0.779. The highest BCUT2D eigenvalue weighted by atomic mass is 79.9. The third-order valence-electron chi connectivity index (χ3n) is 2.72. The molecular formula is C14H15BrSi. The highest BCUT2D eigenvalue weighted by molar-refractivity contribution is 9.10. The second-order valence-corrected chi connectivity index (χ2v) is 8.10. The highest BCUT2D eigenvalue weighted by Gasteiger charge is 2.09. The van der Waals surface area contributed by atoms with Crippen LogP contribution >= 0.6 is 15.9 Å². The molecule has 0 spiro atoms. The van der Waals surface area contributed by atoms with Crippen molar-refractivity contribution in [1.82, 2.24) is 0 Å². The molecule has 82 valence electrons. The van der Waals surface area contributed by atoms with E-state index in [-0.39, 0.29) is 0 Å². The highest BCUT2D eigenvalue weighted by Crippen LogP contribution is 2.21. The molecule has 2 aromatic carbocycles. The minimum atomic E-state index is -0.779. The average molecular weight is 291 g/mol. The molecule has 0 aliphatic carbocycles. The lowest BCUT2D eigenvalue weighted by Gasteiger charge is -2.12. The van der Waals surface area contributed by atoms with Gasteiger partial charge in [0.05, 0.1) is 8.80 Å². The van der Waals surface area contributed by atoms with E-state index in [1.54, 1.807) is 0 Å². The summed E-state index contributed by atoms with van der Waals surface area (Å²) in [6.07, 6.45) is 0. The zero-order valence-corrected chi connectivity index (χ0v) is 12.3. The van der Waals surface area contributed by atoms with Gasteiger partial charge in [-0.2, -0.15) is 0 Å². The van der Waals surface area contributed by atoms with Crippen molar-refractivity contribution in [2.24, 2.45) is 0 Å². The van der Waals surface area contributed by atoms with E-state index < -0.39 is 8.80 Å². The Hall–Kier alpha value is -0.863. The van der Waals surface area contributed by atoms with Gasteiger partial charge in [-0.25, -0.2) is 0 Å². The third kappa shape index (κ3) is 2.44. The van der Waals surface area contributed by atoms with Crippen LogP contribution in [0.5, 0.6) is 0 Å². The smallest absolute Gasteiger partial charge is 0.0655 e. The van der Waals surface area contributed by atoms with E-state index in [0.717, 1.165) is 4.47 Å². The van der Waals surface area contributed by atoms with Crippen molar-refractivity contribution in [3.05, 3.63) is 53.0 Å². The van der Waals surface area contributed by atoms with Crippen LogP contribution in [0.1, 0.15) is 0 Å². The van der Waals surface area contributed by atoms with Crippen LogP contribution in [0.2, 0.25) is 13.1 Å². The van der Waals surface area contributed by atoms with Crippen LogP contribution in [0.25, 0.3) is 11.1 Å². The maximum absolute atomic E-state index is 3.56. The Morgan fingerprint density at radius 3 is 2.25 bits per heavy atom. The number of halogens is 1. The van der Waals surface area contributed by atoms with Crippen molar-refractivity contribution in [2.45, 2.75) is 13.1 Å². The van der Waals surface area contributed by atoms with Gasteiger partial charge in [0.25, 0.3) is 0 Å². The van der Waals surface area contributed by atoms with E-state index in [0.29, 0.717) is 0 Å². The first-order valence-electron chi connectivity index (χ1n) is 5.53. The molecule has 0 aliphatic rings. The van der Waals surface area contributed by atoms with Crippen molar-refractivity contribution in [3.63, 3.8) is 0 Å². The normalized spacial score (nSPS) is 10.8. The van der Waals surface area contributed by atoms with E-state index in [1.807, 2.05) is 0 Å². The lowest BCUT2D eigenvalue weighted by atomic mass is 10.1. The molecule has 0 aromatic heterocycles. The average Bonchev–Trinajstić information content (AvgIpc) is 2.29. The monoisotopic (exact) mass is 290 g/mol. The van der Waals surface area contributed by atoms with Gasteiger partial charge in [-0.05, 0) is 23.3 Å². The predicted molar refractivity (Wildman–Crippen MR) is 78.1 cm³/mol. The molecule has 0 saturated carbocycles. The molecule has 0 fully saturated rings. The first-order chi connectivity index (χ1) is 7.68. The van der Waals surface area contributed by atoms with Crippen molar-refractivity contribution in [1.29, 1.82) is 0 Å². The standard InChI is InChI=1S/C14H15BrSi/c1-16(2)14-9-8-12(15)10-13(14)11-6-4-3-5-7-11/h3-10,16H,1-2H3. The number of hydrogen-bond donors (Lipinski definition) is 0. The molecule has 0 saturated heterocycles. The SMILES string of the molecule is C[SiH](C)c1ccc(Br)cc1-c1ccccc1. The molecule has 0 heterocycles. The lowest BCUT2D eigenvalue weighted by Crippen LogP contribution is -2.24. The summed E-state index contributed by atoms with van der Waals surface area (Å²) in [4.78, 5) is 0. The Morgan fingerprint density at radius 2 is 1.62 bits per heavy atom. The first kappa shape index (κ1) is 11.6. The Kier molecular flexibility index (Phi) is 3.61. The number of benzene rings is 2. The van der Waals surface area contributed by atoms with Crippen molar-refractivity contribution >= 4 is 29.9 Å². The second kappa shape index (κ2) is 4.98. The van der Waals surface area contributed by atoms with Crippen molar-refractivity contribution < 1.29 is 0 Å². The lowest BCUT2D eigenvalue weighted by molar-refractivity contribution is 1.61. The first-order valence-corrected chi connectivity index (χ1v) is 9.21. The van der Waals surface area contributed by atoms with Gasteiger partial charge in [-0.3, -0.25) is 0 Å². The van der Waals surface area contributed by atoms with Gasteiger partial charge in [0.1, 0.15) is 0 Å². The third-order valence-corrected chi connectivity index (χ3v) is 4.96. The molecule has 16 heavy (non-hydrogen) atoms. The van der Waals surface area contributed by atoms with Gasteiger partial charge < -0.3 is 0 Å². The maximum Gasteiger partial charge on any atom is 0.0655 e. The summed E-state index contributed by atoms with van der Waals surface area (Å²) in [5.74, 6) is 0. The van der Waals surface area contributed by atoms with Gasteiger partial charge in [-0.1, -0.05) is 70.6 Å². The Bertz CT molecular complexity index is 477. The Morgan fingerprint density at radius 1 is 0.938 bits per heavy atom. The Labute approximate surface area is 107 Å². The van der Waals surface area contributed by atoms with Crippen LogP contribution in [-0.4, -0.2) is 8.80 Å². The molecule has 0 aliphatic heterocycles. The van der Waals surface area contributed by atoms with Crippen LogP contribution in [0, 0.1) is 0 Å². The van der Waals surface area contributed by atoms with Crippen LogP contribution in [-0.2, 0) is 0 Å². The summed E-state index contributed by atoms with van der Waals surface area (Å²) in [7, 11) is -0.779. The minimum Gasteiger partial charge on any atom is -0.0682 e. The van der Waals surface area contributed by atoms with Crippen molar-refractivity contribution in [2.75, 3.05) is 0 Å². The molecule has 0 unspecified atom stereocenters. The van der Waals surface area contributed by atoms with Gasteiger partial charge >= 0.3 is 0 Å². The van der Waals surface area contributed by atoms with E-state index in [9.17, 15) is 0 Å². The second-order valence-electron chi connectivity index (χ2n) is 4.25. The van der Waals surface area contributed by atoms with E-state index in [4.69, 9.17) is 0 Å². The fourth-order valence-electron chi connectivity index (χ4n) is 1.90. The topological polar surface area (TPSA) is 0 Å². The summed E-state index contributed by atoms with van der Waals surface area (Å²) < 4.78 is 1.16. The summed E-state index contributed by atoms with van der Waals surface area (Å²) in [5, 5.41) is 1.54. The molecule has 2 rings (SSSR count). The van der Waals surface area contributed by atoms with Gasteiger partial charge in [0, 0.05) is 4.47 Å². The fourth-order valence-corrected chi connectivity index (χ4v) is 3.61. The zero-order chi connectivity index (χ0) is 11.5. The maximum atomic E-state index is 3.56. The Balaban J connectivity index is 2.58. The fraction of sp³-hybridized carbons (Fsp3) is 0.143. The van der Waals surface area contributed by atoms with Crippen molar-refractivity contribution in [3.8, 4) is 11.1 Å². The molecule has 0 bridgehead atoms. The van der Waals surface area contributed by atoms with Gasteiger partial charge in [0.15, 0.2) is 0 Å². The van der Waals surface area contributed by atoms with Gasteiger partial charge in [-0.15, -0.1) is 0 Å². The number of rotatable bonds is 2. The summed E-state index contributed by atoms with van der Waals surface area (Å²) >= 11 is 3.56. The molecule has 2 aromatic rings. The van der Waals surface area contributed by atoms with Crippen LogP contribution < -0.4 is 5.19 Å². The molecule has 0 nitrogen and oxygen atoms in total. The van der Waals surface area contributed by atoms with Crippen LogP contribution in [0.4, 0.5) is 0 Å². The largest absolute Gasteiger partial charge is 0.0682 e. The van der Waals surface area contributed by atoms with Crippen LogP contribution in [0.15, 0.2) is 53.0 Å². The molecule has 0 amide bonds.